The fourth-order valence-electron chi connectivity index (χ4n) is 2.77. The molecule has 2 N–H and O–H groups in total. The molecule has 2 nitrogen and oxygen atoms in total. The van der Waals surface area contributed by atoms with E-state index in [0.717, 1.165) is 19.0 Å². The third-order valence-electron chi connectivity index (χ3n) is 3.71. The smallest absolute Gasteiger partial charge is 0.0136 e. The van der Waals surface area contributed by atoms with Gasteiger partial charge in [-0.3, -0.25) is 0 Å². The first-order chi connectivity index (χ1) is 8.40. The first-order valence-electron chi connectivity index (χ1n) is 6.88. The second-order valence-corrected chi connectivity index (χ2v) is 5.02. The second-order valence-electron chi connectivity index (χ2n) is 5.02. The van der Waals surface area contributed by atoms with Gasteiger partial charge in [-0.15, -0.1) is 0 Å². The zero-order valence-corrected chi connectivity index (χ0v) is 10.6. The van der Waals surface area contributed by atoms with Crippen molar-refractivity contribution in [2.75, 3.05) is 19.6 Å². The number of likely N-dealkylation sites (tertiary alicyclic amines) is 1. The van der Waals surface area contributed by atoms with Crippen molar-refractivity contribution in [2.24, 2.45) is 5.73 Å². The van der Waals surface area contributed by atoms with Gasteiger partial charge in [-0.25, -0.2) is 0 Å². The summed E-state index contributed by atoms with van der Waals surface area (Å²) in [5, 5.41) is 0. The summed E-state index contributed by atoms with van der Waals surface area (Å²) in [4.78, 5) is 2.64. The molecule has 17 heavy (non-hydrogen) atoms. The third-order valence-corrected chi connectivity index (χ3v) is 3.71. The molecule has 1 fully saturated rings. The number of nitrogens with two attached hydrogens (primary N) is 1. The number of nitrogens with zero attached hydrogens (tertiary/aromatic N) is 1. The van der Waals surface area contributed by atoms with Crippen LogP contribution in [0.25, 0.3) is 0 Å². The molecule has 0 spiro atoms. The van der Waals surface area contributed by atoms with Gasteiger partial charge in [0, 0.05) is 6.04 Å². The molecule has 0 radical (unpaired) electrons. The molecule has 0 aliphatic carbocycles. The highest BCUT2D eigenvalue weighted by Gasteiger charge is 2.21. The maximum atomic E-state index is 5.62. The number of hydrogen-bond donors (Lipinski definition) is 1. The topological polar surface area (TPSA) is 29.3 Å². The lowest BCUT2D eigenvalue weighted by Gasteiger charge is -2.35. The van der Waals surface area contributed by atoms with Crippen LogP contribution in [0.3, 0.4) is 0 Å². The molecule has 1 heterocycles. The SMILES string of the molecule is NCCCN1CCCCC1Cc1ccccc1. The van der Waals surface area contributed by atoms with Gasteiger partial charge >= 0.3 is 0 Å². The van der Waals surface area contributed by atoms with Crippen molar-refractivity contribution >= 4 is 0 Å². The molecule has 0 bridgehead atoms. The van der Waals surface area contributed by atoms with Crippen molar-refractivity contribution in [3.05, 3.63) is 35.9 Å². The van der Waals surface area contributed by atoms with E-state index in [2.05, 4.69) is 35.2 Å². The Morgan fingerprint density at radius 2 is 2.00 bits per heavy atom. The van der Waals surface area contributed by atoms with Crippen molar-refractivity contribution in [1.82, 2.24) is 4.90 Å². The number of piperidine rings is 1. The second kappa shape index (κ2) is 6.77. The Hall–Kier alpha value is -0.860. The van der Waals surface area contributed by atoms with Gasteiger partial charge in [-0.05, 0) is 50.9 Å². The van der Waals surface area contributed by atoms with Crippen LogP contribution in [0.2, 0.25) is 0 Å². The summed E-state index contributed by atoms with van der Waals surface area (Å²) in [5.74, 6) is 0. The van der Waals surface area contributed by atoms with Gasteiger partial charge in [0.2, 0.25) is 0 Å². The van der Waals surface area contributed by atoms with Crippen molar-refractivity contribution in [3.63, 3.8) is 0 Å². The van der Waals surface area contributed by atoms with Gasteiger partial charge in [0.05, 0.1) is 0 Å². The molecule has 2 rings (SSSR count). The van der Waals surface area contributed by atoms with Crippen LogP contribution in [0.15, 0.2) is 30.3 Å². The summed E-state index contributed by atoms with van der Waals surface area (Å²) in [6, 6.07) is 11.6. The highest BCUT2D eigenvalue weighted by atomic mass is 15.2. The maximum Gasteiger partial charge on any atom is 0.0136 e. The van der Waals surface area contributed by atoms with Crippen LogP contribution in [0, 0.1) is 0 Å². The van der Waals surface area contributed by atoms with Gasteiger partial charge in [0.1, 0.15) is 0 Å². The molecule has 1 aliphatic heterocycles. The van der Waals surface area contributed by atoms with Crippen molar-refractivity contribution in [3.8, 4) is 0 Å². The zero-order chi connectivity index (χ0) is 11.9. The van der Waals surface area contributed by atoms with E-state index in [1.807, 2.05) is 0 Å². The minimum absolute atomic E-state index is 0.734. The van der Waals surface area contributed by atoms with Crippen molar-refractivity contribution in [1.29, 1.82) is 0 Å². The molecule has 2 heteroatoms. The van der Waals surface area contributed by atoms with Crippen molar-refractivity contribution in [2.45, 2.75) is 38.1 Å². The van der Waals surface area contributed by atoms with E-state index in [9.17, 15) is 0 Å². The Morgan fingerprint density at radius 1 is 1.18 bits per heavy atom. The van der Waals surface area contributed by atoms with Crippen LogP contribution < -0.4 is 5.73 Å². The summed E-state index contributed by atoms with van der Waals surface area (Å²) in [7, 11) is 0. The minimum Gasteiger partial charge on any atom is -0.330 e. The van der Waals surface area contributed by atoms with Crippen LogP contribution in [0.4, 0.5) is 0 Å². The van der Waals surface area contributed by atoms with Gasteiger partial charge in [-0.2, -0.15) is 0 Å². The first kappa shape index (κ1) is 12.6. The van der Waals surface area contributed by atoms with Crippen molar-refractivity contribution < 1.29 is 0 Å². The molecule has 1 aliphatic rings. The van der Waals surface area contributed by atoms with E-state index in [0.29, 0.717) is 0 Å². The Bertz CT molecular complexity index is 310. The molecule has 94 valence electrons. The Labute approximate surface area is 105 Å². The van der Waals surface area contributed by atoms with Crippen LogP contribution >= 0.6 is 0 Å². The highest BCUT2D eigenvalue weighted by Crippen LogP contribution is 2.20. The summed E-state index contributed by atoms with van der Waals surface area (Å²) in [5.41, 5.74) is 7.09. The molecule has 0 amide bonds. The van der Waals surface area contributed by atoms with E-state index in [1.54, 1.807) is 0 Å². The monoisotopic (exact) mass is 232 g/mol. The molecule has 0 saturated carbocycles. The summed E-state index contributed by atoms with van der Waals surface area (Å²) in [6.45, 7) is 3.25. The summed E-state index contributed by atoms with van der Waals surface area (Å²) in [6.07, 6.45) is 6.42. The van der Waals surface area contributed by atoms with Crippen LogP contribution in [-0.2, 0) is 6.42 Å². The standard InChI is InChI=1S/C15H24N2/c16-10-6-12-17-11-5-4-9-15(17)13-14-7-2-1-3-8-14/h1-3,7-8,15H,4-6,9-13,16H2. The lowest BCUT2D eigenvalue weighted by molar-refractivity contribution is 0.146. The first-order valence-corrected chi connectivity index (χ1v) is 6.88. The molecular formula is C15H24N2. The van der Waals surface area contributed by atoms with Gasteiger partial charge in [-0.1, -0.05) is 36.8 Å². The van der Waals surface area contributed by atoms with E-state index in [1.165, 1.54) is 44.3 Å². The molecular weight excluding hydrogens is 208 g/mol. The largest absolute Gasteiger partial charge is 0.330 e. The number of hydrogen-bond acceptors (Lipinski definition) is 2. The Morgan fingerprint density at radius 3 is 2.76 bits per heavy atom. The van der Waals surface area contributed by atoms with E-state index >= 15 is 0 Å². The molecule has 1 saturated heterocycles. The van der Waals surface area contributed by atoms with Crippen LogP contribution in [0.5, 0.6) is 0 Å². The summed E-state index contributed by atoms with van der Waals surface area (Å²) >= 11 is 0. The van der Waals surface area contributed by atoms with Gasteiger partial charge in [0.25, 0.3) is 0 Å². The molecule has 1 aromatic rings. The molecule has 1 atom stereocenters. The Kier molecular flexibility index (Phi) is 5.02. The van der Waals surface area contributed by atoms with Crippen LogP contribution in [0.1, 0.15) is 31.2 Å². The molecule has 1 aromatic carbocycles. The zero-order valence-electron chi connectivity index (χ0n) is 10.6. The van der Waals surface area contributed by atoms with E-state index in [-0.39, 0.29) is 0 Å². The quantitative estimate of drug-likeness (QED) is 0.845. The van der Waals surface area contributed by atoms with E-state index in [4.69, 9.17) is 5.73 Å². The van der Waals surface area contributed by atoms with Crippen LogP contribution in [-0.4, -0.2) is 30.6 Å². The lowest BCUT2D eigenvalue weighted by atomic mass is 9.95. The predicted molar refractivity (Wildman–Crippen MR) is 73.0 cm³/mol. The van der Waals surface area contributed by atoms with E-state index < -0.39 is 0 Å². The number of rotatable bonds is 5. The normalized spacial score (nSPS) is 21.6. The maximum absolute atomic E-state index is 5.62. The Balaban J connectivity index is 1.92. The average molecular weight is 232 g/mol. The highest BCUT2D eigenvalue weighted by molar-refractivity contribution is 5.16. The fourth-order valence-corrected chi connectivity index (χ4v) is 2.77. The molecule has 1 unspecified atom stereocenters. The average Bonchev–Trinajstić information content (AvgIpc) is 2.39. The predicted octanol–water partition coefficient (Wildman–Crippen LogP) is 2.43. The lowest BCUT2D eigenvalue weighted by Crippen LogP contribution is -2.41. The summed E-state index contributed by atoms with van der Waals surface area (Å²) < 4.78 is 0. The minimum atomic E-state index is 0.734. The number of benzene rings is 1. The fraction of sp³-hybridized carbons (Fsp3) is 0.600. The van der Waals surface area contributed by atoms with Gasteiger partial charge in [0.15, 0.2) is 0 Å². The third kappa shape index (κ3) is 3.83. The van der Waals surface area contributed by atoms with Gasteiger partial charge < -0.3 is 10.6 Å². The molecule has 0 aromatic heterocycles.